The van der Waals surface area contributed by atoms with Crippen LogP contribution in [0.15, 0.2) is 0 Å². The molecule has 0 spiro atoms. The Balaban J connectivity index is -0.0000000184. The summed E-state index contributed by atoms with van der Waals surface area (Å²) in [5.41, 5.74) is 0. The van der Waals surface area contributed by atoms with Crippen LogP contribution in [-0.2, 0) is 0 Å². The van der Waals surface area contributed by atoms with E-state index in [-0.39, 0.29) is 69.2 Å². The molecule has 0 aliphatic heterocycles. The smallest absolute Gasteiger partial charge is 0.907 e. The molecule has 0 bridgehead atoms. The van der Waals surface area contributed by atoms with Gasteiger partial charge in [-0.1, -0.05) is 0 Å². The first kappa shape index (κ1) is 36.0. The van der Waals surface area contributed by atoms with E-state index in [1.165, 1.54) is 0 Å². The number of hydrogen-bond acceptors (Lipinski definition) is 9. The molecule has 9 nitrogen and oxygen atoms in total. The zero-order valence-electron chi connectivity index (χ0n) is 7.64. The maximum Gasteiger partial charge on any atom is 2.00 e. The minimum absolute atomic E-state index is 0. The zero-order chi connectivity index (χ0) is 10.7. The molecule has 0 saturated carbocycles. The molecule has 0 heterocycles. The molecule has 0 fully saturated rings. The third kappa shape index (κ3) is 708. The van der Waals surface area contributed by atoms with Crippen molar-refractivity contribution in [2.75, 3.05) is 0 Å². The van der Waals surface area contributed by atoms with Crippen LogP contribution in [0.2, 0.25) is 0 Å². The number of rotatable bonds is 0. The van der Waals surface area contributed by atoms with Crippen molar-refractivity contribution >= 4 is 91.1 Å². The molecule has 15 heavy (non-hydrogen) atoms. The summed E-state index contributed by atoms with van der Waals surface area (Å²) in [6.07, 6.45) is 0. The SMILES string of the molecule is OB(O)O.[Mg+2].[Mg+2].[Mg+2].[O-]B([O-])[O-].[O-]B([O-])[O-]. The fourth-order valence-corrected chi connectivity index (χ4v) is 0. The van der Waals surface area contributed by atoms with E-state index in [1.807, 2.05) is 0 Å². The van der Waals surface area contributed by atoms with E-state index in [9.17, 15) is 0 Å². The maximum atomic E-state index is 8.42. The van der Waals surface area contributed by atoms with Gasteiger partial charge in [0.1, 0.15) is 0 Å². The van der Waals surface area contributed by atoms with Crippen molar-refractivity contribution in [3.63, 3.8) is 0 Å². The first-order chi connectivity index (χ1) is 5.20. The summed E-state index contributed by atoms with van der Waals surface area (Å²) >= 11 is 0. The van der Waals surface area contributed by atoms with Crippen LogP contribution in [0.4, 0.5) is 0 Å². The van der Waals surface area contributed by atoms with E-state index >= 15 is 0 Å². The molecule has 0 atom stereocenters. The number of hydrogen-bond donors (Lipinski definition) is 3. The molecule has 0 radical (unpaired) electrons. The van der Waals surface area contributed by atoms with Crippen molar-refractivity contribution in [1.29, 1.82) is 0 Å². The van der Waals surface area contributed by atoms with Crippen LogP contribution in [-0.4, -0.2) is 106 Å². The van der Waals surface area contributed by atoms with Crippen molar-refractivity contribution in [3.8, 4) is 0 Å². The Bertz CT molecular complexity index is 49.1. The van der Waals surface area contributed by atoms with E-state index in [0.717, 1.165) is 0 Å². The topological polar surface area (TPSA) is 199 Å². The van der Waals surface area contributed by atoms with Crippen LogP contribution in [0.3, 0.4) is 0 Å². The predicted octanol–water partition coefficient (Wildman–Crippen LogP) is -11.1. The molecule has 72 valence electrons. The minimum atomic E-state index is -2.92. The van der Waals surface area contributed by atoms with Crippen LogP contribution >= 0.6 is 0 Å². The molecular formula is H3B3Mg3O9. The summed E-state index contributed by atoms with van der Waals surface area (Å²) in [7, 11) is -8.00. The summed E-state index contributed by atoms with van der Waals surface area (Å²) < 4.78 is 0. The fraction of sp³-hybridized carbons (Fsp3) is 0. The molecule has 0 aromatic heterocycles. The van der Waals surface area contributed by atoms with E-state index in [1.54, 1.807) is 0 Å². The average Bonchev–Trinajstić information content (AvgIpc) is 1.54. The molecule has 0 aliphatic carbocycles. The Morgan fingerprint density at radius 3 is 0.533 bits per heavy atom. The Hall–Kier alpha value is 2.13. The monoisotopic (exact) mass is 252 g/mol. The van der Waals surface area contributed by atoms with Crippen LogP contribution in [0.25, 0.3) is 0 Å². The average molecular weight is 252 g/mol. The van der Waals surface area contributed by atoms with Gasteiger partial charge in [-0.3, -0.25) is 14.6 Å². The normalized spacial score (nSPS) is 5.40. The quantitative estimate of drug-likeness (QED) is 0.350. The minimum Gasteiger partial charge on any atom is -0.907 e. The molecule has 0 unspecified atom stereocenters. The van der Waals surface area contributed by atoms with Gasteiger partial charge in [0.25, 0.3) is 0 Å². The van der Waals surface area contributed by atoms with Gasteiger partial charge in [0.2, 0.25) is 0 Å². The van der Waals surface area contributed by atoms with Gasteiger partial charge in [0, 0.05) is 0 Å². The predicted molar refractivity (Wildman–Crippen MR) is 41.2 cm³/mol. The van der Waals surface area contributed by atoms with Gasteiger partial charge in [0.15, 0.2) is 0 Å². The summed E-state index contributed by atoms with van der Waals surface area (Å²) in [6.45, 7) is 0. The van der Waals surface area contributed by atoms with Gasteiger partial charge in [-0.25, -0.2) is 0 Å². The van der Waals surface area contributed by atoms with Crippen LogP contribution < -0.4 is 30.1 Å². The van der Waals surface area contributed by atoms with E-state index in [4.69, 9.17) is 45.2 Å². The van der Waals surface area contributed by atoms with Gasteiger partial charge < -0.3 is 45.2 Å². The zero-order valence-corrected chi connectivity index (χ0v) is 11.9. The third-order valence-electron chi connectivity index (χ3n) is 0. The van der Waals surface area contributed by atoms with Crippen LogP contribution in [0.1, 0.15) is 0 Å². The second-order valence-electron chi connectivity index (χ2n) is 0.924. The molecule has 0 amide bonds. The summed E-state index contributed by atoms with van der Waals surface area (Å²) in [6, 6.07) is 0. The fourth-order valence-electron chi connectivity index (χ4n) is 0. The Morgan fingerprint density at radius 2 is 0.533 bits per heavy atom. The van der Waals surface area contributed by atoms with Gasteiger partial charge >= 0.3 is 76.5 Å². The maximum absolute atomic E-state index is 8.42. The molecule has 0 saturated heterocycles. The molecule has 0 aliphatic rings. The van der Waals surface area contributed by atoms with Crippen LogP contribution in [0, 0.1) is 0 Å². The Kier molecular flexibility index (Phi) is 71.5. The van der Waals surface area contributed by atoms with E-state index < -0.39 is 22.0 Å². The summed E-state index contributed by atoms with van der Waals surface area (Å²) in [4.78, 5) is 0. The van der Waals surface area contributed by atoms with Crippen molar-refractivity contribution in [2.45, 2.75) is 0 Å². The van der Waals surface area contributed by atoms with Gasteiger partial charge in [-0.2, -0.15) is 0 Å². The van der Waals surface area contributed by atoms with Crippen LogP contribution in [0.5, 0.6) is 0 Å². The van der Waals surface area contributed by atoms with Crippen molar-refractivity contribution in [2.24, 2.45) is 0 Å². The molecule has 0 aromatic rings. The van der Waals surface area contributed by atoms with E-state index in [2.05, 4.69) is 0 Å². The molecule has 0 aromatic carbocycles. The Labute approximate surface area is 135 Å². The molecule has 15 heteroatoms. The second kappa shape index (κ2) is 29.8. The molecule has 0 rings (SSSR count). The molecule has 3 N–H and O–H groups in total. The van der Waals surface area contributed by atoms with Crippen molar-refractivity contribution in [3.05, 3.63) is 0 Å². The molecular weight excluding hydrogens is 249 g/mol. The van der Waals surface area contributed by atoms with Gasteiger partial charge in [-0.15, -0.1) is 0 Å². The first-order valence-electron chi connectivity index (χ1n) is 2.19. The standard InChI is InChI=1S/BH3O3.2BO3.3Mg/c3*2-1(3)4;;;/h2-4H;;;;;/q;2*-3;3*+2. The van der Waals surface area contributed by atoms with Gasteiger partial charge in [0.05, 0.1) is 0 Å². The van der Waals surface area contributed by atoms with Gasteiger partial charge in [-0.05, 0) is 0 Å². The largest absolute Gasteiger partial charge is 2.00 e. The summed E-state index contributed by atoms with van der Waals surface area (Å²) in [5.74, 6) is 0. The third-order valence-corrected chi connectivity index (χ3v) is 0. The van der Waals surface area contributed by atoms with Crippen molar-refractivity contribution in [1.82, 2.24) is 0 Å². The Morgan fingerprint density at radius 1 is 0.533 bits per heavy atom. The first-order valence-corrected chi connectivity index (χ1v) is 2.19. The summed E-state index contributed by atoms with van der Waals surface area (Å²) in [5, 5.41) is 72.0. The second-order valence-corrected chi connectivity index (χ2v) is 0.924. The van der Waals surface area contributed by atoms with E-state index in [0.29, 0.717) is 0 Å². The van der Waals surface area contributed by atoms with Crippen molar-refractivity contribution < 1.29 is 45.2 Å².